The van der Waals surface area contributed by atoms with Gasteiger partial charge in [0.15, 0.2) is 0 Å². The largest absolute Gasteiger partial charge is 0.309 e. The Kier molecular flexibility index (Phi) is 3.47. The molecule has 1 aromatic heterocycles. The number of hydrogen-bond acceptors (Lipinski definition) is 2. The third-order valence-corrected chi connectivity index (χ3v) is 4.62. The molecule has 0 aromatic carbocycles. The highest BCUT2D eigenvalue weighted by atomic mass is 32.1. The lowest BCUT2D eigenvalue weighted by Crippen LogP contribution is -2.38. The maximum atomic E-state index is 3.72. The van der Waals surface area contributed by atoms with E-state index < -0.39 is 0 Å². The van der Waals surface area contributed by atoms with Crippen molar-refractivity contribution in [2.75, 3.05) is 6.54 Å². The molecule has 1 aliphatic carbocycles. The zero-order chi connectivity index (χ0) is 10.7. The van der Waals surface area contributed by atoms with E-state index in [9.17, 15) is 0 Å². The van der Waals surface area contributed by atoms with Crippen molar-refractivity contribution in [3.63, 3.8) is 0 Å². The van der Waals surface area contributed by atoms with E-state index in [1.54, 1.807) is 0 Å². The van der Waals surface area contributed by atoms with Crippen LogP contribution in [0.25, 0.3) is 0 Å². The smallest absolute Gasteiger partial charge is 0.0412 e. The first kappa shape index (κ1) is 11.2. The molecule has 0 bridgehead atoms. The van der Waals surface area contributed by atoms with Crippen LogP contribution >= 0.6 is 11.3 Å². The molecule has 2 heteroatoms. The average molecular weight is 223 g/mol. The quantitative estimate of drug-likeness (QED) is 0.796. The fourth-order valence-electron chi connectivity index (χ4n) is 2.26. The van der Waals surface area contributed by atoms with E-state index in [2.05, 4.69) is 36.7 Å². The van der Waals surface area contributed by atoms with E-state index in [0.29, 0.717) is 11.5 Å². The highest BCUT2D eigenvalue weighted by Crippen LogP contribution is 2.40. The first-order valence-corrected chi connectivity index (χ1v) is 6.88. The third-order valence-electron chi connectivity index (χ3n) is 3.63. The fourth-order valence-corrected chi connectivity index (χ4v) is 3.15. The number of rotatable bonds is 5. The van der Waals surface area contributed by atoms with Crippen LogP contribution in [0.15, 0.2) is 17.5 Å². The van der Waals surface area contributed by atoms with Crippen molar-refractivity contribution in [2.45, 2.75) is 45.6 Å². The number of hydrogen-bond donors (Lipinski definition) is 1. The zero-order valence-corrected chi connectivity index (χ0v) is 10.6. The molecule has 1 unspecified atom stereocenters. The van der Waals surface area contributed by atoms with E-state index in [4.69, 9.17) is 0 Å². The second-order valence-corrected chi connectivity index (χ2v) is 6.00. The van der Waals surface area contributed by atoms with Gasteiger partial charge in [-0.05, 0) is 36.1 Å². The van der Waals surface area contributed by atoms with Crippen LogP contribution in [0.1, 0.15) is 50.4 Å². The monoisotopic (exact) mass is 223 g/mol. The minimum absolute atomic E-state index is 0.572. The van der Waals surface area contributed by atoms with Gasteiger partial charge in [-0.25, -0.2) is 0 Å². The molecule has 1 aliphatic rings. The Bertz CT molecular complexity index is 287. The van der Waals surface area contributed by atoms with Gasteiger partial charge in [0.2, 0.25) is 0 Å². The van der Waals surface area contributed by atoms with Gasteiger partial charge in [0.05, 0.1) is 0 Å². The number of nitrogens with one attached hydrogen (secondary N) is 1. The Morgan fingerprint density at radius 1 is 1.53 bits per heavy atom. The lowest BCUT2D eigenvalue weighted by atomic mass is 9.70. The van der Waals surface area contributed by atoms with E-state index in [1.807, 2.05) is 11.3 Å². The topological polar surface area (TPSA) is 12.0 Å². The fraction of sp³-hybridized carbons (Fsp3) is 0.692. The highest BCUT2D eigenvalue weighted by molar-refractivity contribution is 7.10. The Hall–Kier alpha value is -0.340. The van der Waals surface area contributed by atoms with Gasteiger partial charge < -0.3 is 5.32 Å². The summed E-state index contributed by atoms with van der Waals surface area (Å²) in [5, 5.41) is 5.90. The van der Waals surface area contributed by atoms with Crippen LogP contribution < -0.4 is 5.32 Å². The van der Waals surface area contributed by atoms with Crippen LogP contribution in [-0.2, 0) is 0 Å². The van der Waals surface area contributed by atoms with Gasteiger partial charge in [-0.15, -0.1) is 11.3 Å². The summed E-state index contributed by atoms with van der Waals surface area (Å²) in [6.45, 7) is 5.86. The molecular formula is C13H21NS. The second-order valence-electron chi connectivity index (χ2n) is 5.02. The van der Waals surface area contributed by atoms with Crippen molar-refractivity contribution >= 4 is 11.3 Å². The van der Waals surface area contributed by atoms with E-state index in [-0.39, 0.29) is 0 Å². The standard InChI is InChI=1S/C13H21NS/c1-3-11(12-6-4-9-15-12)14-10-13(2)7-5-8-13/h4,6,9,11,14H,3,5,7-8,10H2,1-2H3. The van der Waals surface area contributed by atoms with Crippen molar-refractivity contribution in [3.8, 4) is 0 Å². The van der Waals surface area contributed by atoms with Crippen LogP contribution in [0.3, 0.4) is 0 Å². The summed E-state index contributed by atoms with van der Waals surface area (Å²) in [4.78, 5) is 1.49. The van der Waals surface area contributed by atoms with E-state index in [0.717, 1.165) is 0 Å². The maximum Gasteiger partial charge on any atom is 0.0412 e. The van der Waals surface area contributed by atoms with E-state index >= 15 is 0 Å². The van der Waals surface area contributed by atoms with Gasteiger partial charge in [0.25, 0.3) is 0 Å². The molecule has 84 valence electrons. The summed E-state index contributed by atoms with van der Waals surface area (Å²) < 4.78 is 0. The van der Waals surface area contributed by atoms with Crippen molar-refractivity contribution in [1.82, 2.24) is 5.32 Å². The van der Waals surface area contributed by atoms with Gasteiger partial charge in [0.1, 0.15) is 0 Å². The SMILES string of the molecule is CCC(NCC1(C)CCC1)c1cccs1. The summed E-state index contributed by atoms with van der Waals surface area (Å²) in [7, 11) is 0. The van der Waals surface area contributed by atoms with Gasteiger partial charge >= 0.3 is 0 Å². The van der Waals surface area contributed by atoms with Crippen LogP contribution in [-0.4, -0.2) is 6.54 Å². The highest BCUT2D eigenvalue weighted by Gasteiger charge is 2.31. The third kappa shape index (κ3) is 2.61. The normalized spacial score (nSPS) is 20.9. The Balaban J connectivity index is 1.86. The van der Waals surface area contributed by atoms with Crippen LogP contribution in [0.5, 0.6) is 0 Å². The Morgan fingerprint density at radius 3 is 2.80 bits per heavy atom. The minimum atomic E-state index is 0.572. The summed E-state index contributed by atoms with van der Waals surface area (Å²) in [6, 6.07) is 4.96. The summed E-state index contributed by atoms with van der Waals surface area (Å²) >= 11 is 1.87. The molecule has 1 atom stereocenters. The van der Waals surface area contributed by atoms with Gasteiger partial charge in [-0.2, -0.15) is 0 Å². The number of thiophene rings is 1. The predicted octanol–water partition coefficient (Wildman–Crippen LogP) is 3.98. The first-order chi connectivity index (χ1) is 7.23. The molecule has 2 rings (SSSR count). The summed E-state index contributed by atoms with van der Waals surface area (Å²) in [5.41, 5.74) is 0.588. The lowest BCUT2D eigenvalue weighted by molar-refractivity contribution is 0.150. The van der Waals surface area contributed by atoms with Crippen molar-refractivity contribution < 1.29 is 0 Å². The molecule has 0 saturated heterocycles. The molecule has 1 fully saturated rings. The van der Waals surface area contributed by atoms with Crippen LogP contribution in [0, 0.1) is 5.41 Å². The van der Waals surface area contributed by atoms with Crippen molar-refractivity contribution in [3.05, 3.63) is 22.4 Å². The summed E-state index contributed by atoms with van der Waals surface area (Å²) in [6.07, 6.45) is 5.42. The molecule has 1 heterocycles. The first-order valence-electron chi connectivity index (χ1n) is 6.00. The minimum Gasteiger partial charge on any atom is -0.309 e. The summed E-state index contributed by atoms with van der Waals surface area (Å²) in [5.74, 6) is 0. The zero-order valence-electron chi connectivity index (χ0n) is 9.75. The lowest BCUT2D eigenvalue weighted by Gasteiger charge is -2.39. The molecule has 1 N–H and O–H groups in total. The maximum absolute atomic E-state index is 3.72. The van der Waals surface area contributed by atoms with Gasteiger partial charge in [0, 0.05) is 17.5 Å². The molecule has 1 saturated carbocycles. The molecule has 0 radical (unpaired) electrons. The molecule has 0 amide bonds. The molecule has 0 aliphatic heterocycles. The van der Waals surface area contributed by atoms with Crippen LogP contribution in [0.4, 0.5) is 0 Å². The van der Waals surface area contributed by atoms with Gasteiger partial charge in [-0.1, -0.05) is 26.3 Å². The predicted molar refractivity (Wildman–Crippen MR) is 67.3 cm³/mol. The van der Waals surface area contributed by atoms with Crippen molar-refractivity contribution in [1.29, 1.82) is 0 Å². The molecular weight excluding hydrogens is 202 g/mol. The molecule has 0 spiro atoms. The van der Waals surface area contributed by atoms with Gasteiger partial charge in [-0.3, -0.25) is 0 Å². The second kappa shape index (κ2) is 4.67. The average Bonchev–Trinajstić information content (AvgIpc) is 2.69. The Labute approximate surface area is 96.9 Å². The molecule has 1 nitrogen and oxygen atoms in total. The molecule has 15 heavy (non-hydrogen) atoms. The van der Waals surface area contributed by atoms with E-state index in [1.165, 1.54) is 37.1 Å². The molecule has 1 aromatic rings. The van der Waals surface area contributed by atoms with Crippen molar-refractivity contribution in [2.24, 2.45) is 5.41 Å². The Morgan fingerprint density at radius 2 is 2.33 bits per heavy atom. The van der Waals surface area contributed by atoms with Crippen LogP contribution in [0.2, 0.25) is 0 Å².